The maximum atomic E-state index is 12.4. The van der Waals surface area contributed by atoms with Gasteiger partial charge in [-0.2, -0.15) is 4.31 Å². The second kappa shape index (κ2) is 6.23. The summed E-state index contributed by atoms with van der Waals surface area (Å²) in [7, 11) is -3.60. The lowest BCUT2D eigenvalue weighted by atomic mass is 10.1. The zero-order valence-electron chi connectivity index (χ0n) is 10.8. The molecule has 0 spiro atoms. The molecule has 9 heteroatoms. The van der Waals surface area contributed by atoms with E-state index in [-0.39, 0.29) is 28.3 Å². The molecule has 1 aromatic heterocycles. The smallest absolute Gasteiger partial charge is 0.244 e. The summed E-state index contributed by atoms with van der Waals surface area (Å²) < 4.78 is 26.3. The topological polar surface area (TPSA) is 109 Å². The van der Waals surface area contributed by atoms with Crippen LogP contribution >= 0.6 is 11.6 Å². The van der Waals surface area contributed by atoms with E-state index in [9.17, 15) is 8.42 Å². The van der Waals surface area contributed by atoms with E-state index in [1.165, 1.54) is 16.6 Å². The number of anilines is 1. The number of rotatable bonds is 5. The SMILES string of the molecule is NNc1ncc(S(=O)(=O)N2CCC(CCO)C2)cc1Cl. The Hall–Kier alpha value is -0.930. The van der Waals surface area contributed by atoms with Gasteiger partial charge in [-0.25, -0.2) is 19.2 Å². The largest absolute Gasteiger partial charge is 0.396 e. The van der Waals surface area contributed by atoms with Crippen molar-refractivity contribution in [3.8, 4) is 0 Å². The summed E-state index contributed by atoms with van der Waals surface area (Å²) in [5.41, 5.74) is 2.29. The Balaban J connectivity index is 2.21. The second-order valence-corrected chi connectivity index (χ2v) is 7.02. The average Bonchev–Trinajstić information content (AvgIpc) is 2.88. The zero-order chi connectivity index (χ0) is 14.8. The zero-order valence-corrected chi connectivity index (χ0v) is 12.4. The molecule has 112 valence electrons. The number of hydrogen-bond acceptors (Lipinski definition) is 6. The van der Waals surface area contributed by atoms with Crippen molar-refractivity contribution >= 4 is 27.4 Å². The van der Waals surface area contributed by atoms with Gasteiger partial charge in [-0.3, -0.25) is 0 Å². The molecule has 0 radical (unpaired) electrons. The molecule has 1 fully saturated rings. The van der Waals surface area contributed by atoms with E-state index < -0.39 is 10.0 Å². The molecule has 1 aromatic rings. The van der Waals surface area contributed by atoms with Crippen LogP contribution < -0.4 is 11.3 Å². The first-order chi connectivity index (χ1) is 9.48. The number of pyridine rings is 1. The van der Waals surface area contributed by atoms with Gasteiger partial charge in [-0.05, 0) is 24.8 Å². The Morgan fingerprint density at radius 1 is 1.60 bits per heavy atom. The van der Waals surface area contributed by atoms with Gasteiger partial charge in [0.2, 0.25) is 10.0 Å². The van der Waals surface area contributed by atoms with Gasteiger partial charge in [-0.15, -0.1) is 0 Å². The summed E-state index contributed by atoms with van der Waals surface area (Å²) in [4.78, 5) is 3.92. The predicted molar refractivity (Wildman–Crippen MR) is 75.6 cm³/mol. The van der Waals surface area contributed by atoms with Crippen LogP contribution in [-0.2, 0) is 10.0 Å². The molecule has 1 unspecified atom stereocenters. The number of aromatic nitrogens is 1. The van der Waals surface area contributed by atoms with Gasteiger partial charge in [0, 0.05) is 25.9 Å². The van der Waals surface area contributed by atoms with E-state index in [2.05, 4.69) is 10.4 Å². The summed E-state index contributed by atoms with van der Waals surface area (Å²) in [6.07, 6.45) is 2.60. The average molecular weight is 321 g/mol. The minimum atomic E-state index is -3.60. The number of aliphatic hydroxyl groups is 1. The van der Waals surface area contributed by atoms with Crippen LogP contribution in [0.3, 0.4) is 0 Å². The third-order valence-corrected chi connectivity index (χ3v) is 5.50. The van der Waals surface area contributed by atoms with Gasteiger partial charge < -0.3 is 10.5 Å². The fraction of sp³-hybridized carbons (Fsp3) is 0.545. The second-order valence-electron chi connectivity index (χ2n) is 4.68. The van der Waals surface area contributed by atoms with Crippen molar-refractivity contribution in [3.05, 3.63) is 17.3 Å². The fourth-order valence-corrected chi connectivity index (χ4v) is 4.04. The Morgan fingerprint density at radius 2 is 2.35 bits per heavy atom. The molecule has 0 bridgehead atoms. The van der Waals surface area contributed by atoms with Gasteiger partial charge in [0.25, 0.3) is 0 Å². The molecule has 1 aliphatic rings. The first-order valence-electron chi connectivity index (χ1n) is 6.22. The van der Waals surface area contributed by atoms with Crippen LogP contribution in [0.25, 0.3) is 0 Å². The molecule has 7 nitrogen and oxygen atoms in total. The minimum absolute atomic E-state index is 0.0474. The van der Waals surface area contributed by atoms with Crippen LogP contribution in [0.1, 0.15) is 12.8 Å². The summed E-state index contributed by atoms with van der Waals surface area (Å²) in [6.45, 7) is 0.932. The molecule has 2 heterocycles. The van der Waals surface area contributed by atoms with Gasteiger partial charge in [0.1, 0.15) is 4.90 Å². The Labute approximate surface area is 122 Å². The highest BCUT2D eigenvalue weighted by molar-refractivity contribution is 7.89. The maximum absolute atomic E-state index is 12.4. The van der Waals surface area contributed by atoms with Gasteiger partial charge in [0.15, 0.2) is 5.82 Å². The van der Waals surface area contributed by atoms with E-state index in [1.807, 2.05) is 0 Å². The number of hydrazine groups is 1. The van der Waals surface area contributed by atoms with Gasteiger partial charge >= 0.3 is 0 Å². The highest BCUT2D eigenvalue weighted by Gasteiger charge is 2.32. The number of hydrogen-bond donors (Lipinski definition) is 3. The minimum Gasteiger partial charge on any atom is -0.396 e. The number of nitrogens with zero attached hydrogens (tertiary/aromatic N) is 2. The van der Waals surface area contributed by atoms with Crippen LogP contribution in [0.2, 0.25) is 5.02 Å². The lowest BCUT2D eigenvalue weighted by molar-refractivity contribution is 0.259. The van der Waals surface area contributed by atoms with Gasteiger partial charge in [0.05, 0.1) is 5.02 Å². The highest BCUT2D eigenvalue weighted by Crippen LogP contribution is 2.28. The van der Waals surface area contributed by atoms with Crippen molar-refractivity contribution in [3.63, 3.8) is 0 Å². The number of aliphatic hydroxyl groups excluding tert-OH is 1. The van der Waals surface area contributed by atoms with Crippen LogP contribution in [0.15, 0.2) is 17.2 Å². The third-order valence-electron chi connectivity index (χ3n) is 3.38. The molecule has 2 rings (SSSR count). The quantitative estimate of drug-likeness (QED) is 0.536. The lowest BCUT2D eigenvalue weighted by Gasteiger charge is -2.16. The van der Waals surface area contributed by atoms with E-state index in [0.29, 0.717) is 19.5 Å². The monoisotopic (exact) mass is 320 g/mol. The number of sulfonamides is 1. The summed E-state index contributed by atoms with van der Waals surface area (Å²) in [5, 5.41) is 9.07. The van der Waals surface area contributed by atoms with Crippen molar-refractivity contribution in [2.45, 2.75) is 17.7 Å². The molecule has 0 aliphatic carbocycles. The normalized spacial score (nSPS) is 20.2. The molecule has 1 atom stereocenters. The van der Waals surface area contributed by atoms with Gasteiger partial charge in [-0.1, -0.05) is 11.6 Å². The van der Waals surface area contributed by atoms with Crippen molar-refractivity contribution < 1.29 is 13.5 Å². The van der Waals surface area contributed by atoms with E-state index >= 15 is 0 Å². The highest BCUT2D eigenvalue weighted by atomic mass is 35.5. The van der Waals surface area contributed by atoms with Crippen molar-refractivity contribution in [1.29, 1.82) is 0 Å². The Bertz CT molecular complexity index is 581. The predicted octanol–water partition coefficient (Wildman–Crippen LogP) is 0.414. The van der Waals surface area contributed by atoms with E-state index in [0.717, 1.165) is 6.42 Å². The molecular formula is C11H17ClN4O3S. The summed E-state index contributed by atoms with van der Waals surface area (Å²) in [5.74, 6) is 5.63. The summed E-state index contributed by atoms with van der Waals surface area (Å²) in [6, 6.07) is 1.33. The molecule has 4 N–H and O–H groups in total. The van der Waals surface area contributed by atoms with Crippen molar-refractivity contribution in [2.75, 3.05) is 25.1 Å². The van der Waals surface area contributed by atoms with Crippen LogP contribution in [0, 0.1) is 5.92 Å². The fourth-order valence-electron chi connectivity index (χ4n) is 2.25. The molecular weight excluding hydrogens is 304 g/mol. The molecule has 0 amide bonds. The number of halogens is 1. The van der Waals surface area contributed by atoms with Crippen molar-refractivity contribution in [1.82, 2.24) is 9.29 Å². The molecule has 20 heavy (non-hydrogen) atoms. The number of nitrogens with one attached hydrogen (secondary N) is 1. The van der Waals surface area contributed by atoms with E-state index in [4.69, 9.17) is 22.6 Å². The standard InChI is InChI=1S/C11H17ClN4O3S/c12-10-5-9(6-14-11(10)15-13)20(18,19)16-3-1-8(7-16)2-4-17/h5-6,8,17H,1-4,7,13H2,(H,14,15). The van der Waals surface area contributed by atoms with Crippen LogP contribution in [0.4, 0.5) is 5.82 Å². The summed E-state index contributed by atoms with van der Waals surface area (Å²) >= 11 is 5.90. The Kier molecular flexibility index (Phi) is 4.82. The van der Waals surface area contributed by atoms with Crippen molar-refractivity contribution in [2.24, 2.45) is 11.8 Å². The first kappa shape index (κ1) is 15.5. The van der Waals surface area contributed by atoms with Crippen LogP contribution in [0.5, 0.6) is 0 Å². The number of nitrogens with two attached hydrogens (primary N) is 1. The molecule has 0 aromatic carbocycles. The molecule has 1 saturated heterocycles. The van der Waals surface area contributed by atoms with E-state index in [1.54, 1.807) is 0 Å². The Morgan fingerprint density at radius 3 is 2.95 bits per heavy atom. The van der Waals surface area contributed by atoms with Crippen LogP contribution in [-0.4, -0.2) is 42.5 Å². The first-order valence-corrected chi connectivity index (χ1v) is 8.04. The lowest BCUT2D eigenvalue weighted by Crippen LogP contribution is -2.29. The molecule has 0 saturated carbocycles. The number of nitrogen functional groups attached to an aromatic ring is 1. The third kappa shape index (κ3) is 3.04. The molecule has 1 aliphatic heterocycles. The maximum Gasteiger partial charge on any atom is 0.244 e.